The molecule has 4 aliphatic heterocycles. The highest BCUT2D eigenvalue weighted by atomic mass is 35.5. The van der Waals surface area contributed by atoms with Crippen LogP contribution < -0.4 is 5.73 Å². The molecule has 5 atom stereocenters. The average molecular weight is 667 g/mol. The van der Waals surface area contributed by atoms with Crippen molar-refractivity contribution in [3.63, 3.8) is 0 Å². The molecule has 3 N–H and O–H groups in total. The van der Waals surface area contributed by atoms with Gasteiger partial charge in [0.1, 0.15) is 0 Å². The lowest BCUT2D eigenvalue weighted by Crippen LogP contribution is -2.58. The molecule has 5 heterocycles. The molecule has 8 nitrogen and oxygen atoms in total. The molecule has 4 aromatic rings. The fourth-order valence-corrected chi connectivity index (χ4v) is 9.87. The highest BCUT2D eigenvalue weighted by Gasteiger charge is 2.65. The van der Waals surface area contributed by atoms with E-state index in [0.717, 1.165) is 56.9 Å². The van der Waals surface area contributed by atoms with E-state index in [1.165, 1.54) is 18.4 Å². The van der Waals surface area contributed by atoms with Crippen molar-refractivity contribution in [1.82, 2.24) is 14.7 Å². The number of piperidine rings is 1. The Bertz CT molecular complexity index is 1920. The highest BCUT2D eigenvalue weighted by Crippen LogP contribution is 2.59. The Hall–Kier alpha value is -3.86. The van der Waals surface area contributed by atoms with E-state index in [1.54, 1.807) is 11.3 Å². The molecule has 3 fully saturated rings. The summed E-state index contributed by atoms with van der Waals surface area (Å²) in [6.07, 6.45) is 4.56. The number of aliphatic hydroxyl groups is 1. The van der Waals surface area contributed by atoms with Gasteiger partial charge in [-0.15, -0.1) is 11.3 Å². The first-order chi connectivity index (χ1) is 22.8. The number of hydrogen-bond donors (Lipinski definition) is 2. The lowest BCUT2D eigenvalue weighted by molar-refractivity contribution is -0.136. The van der Waals surface area contributed by atoms with Crippen molar-refractivity contribution in [1.29, 1.82) is 0 Å². The van der Waals surface area contributed by atoms with Gasteiger partial charge in [-0.05, 0) is 59.8 Å². The highest BCUT2D eigenvalue weighted by molar-refractivity contribution is 7.19. The number of carbonyl (C=O) groups excluding carboxylic acids is 3. The van der Waals surface area contributed by atoms with E-state index in [0.29, 0.717) is 16.5 Å². The minimum atomic E-state index is -1.04. The van der Waals surface area contributed by atoms with Crippen molar-refractivity contribution >= 4 is 56.4 Å². The predicted octanol–water partition coefficient (Wildman–Crippen LogP) is 5.96. The monoisotopic (exact) mass is 666 g/mol. The fraction of sp³-hybridized carbons (Fsp3) is 0.324. The molecule has 3 saturated heterocycles. The number of nitrogens with two attached hydrogens (primary N) is 1. The zero-order valence-corrected chi connectivity index (χ0v) is 27.3. The Morgan fingerprint density at radius 1 is 0.872 bits per heavy atom. The number of halogens is 1. The Morgan fingerprint density at radius 3 is 2.23 bits per heavy atom. The first-order valence-electron chi connectivity index (χ1n) is 16.2. The van der Waals surface area contributed by atoms with E-state index < -0.39 is 41.6 Å². The molecule has 3 aromatic carbocycles. The zero-order chi connectivity index (χ0) is 32.4. The number of nitrogens with zero attached hydrogens (tertiary/aromatic N) is 3. The summed E-state index contributed by atoms with van der Waals surface area (Å²) in [7, 11) is 0. The third-order valence-corrected chi connectivity index (χ3v) is 12.2. The summed E-state index contributed by atoms with van der Waals surface area (Å²) in [4.78, 5) is 46.8. The average Bonchev–Trinajstić information content (AvgIpc) is 3.79. The Balaban J connectivity index is 1.27. The van der Waals surface area contributed by atoms with Crippen LogP contribution >= 0.6 is 22.9 Å². The maximum Gasteiger partial charge on any atom is 0.328 e. The third kappa shape index (κ3) is 5.03. The fourth-order valence-electron chi connectivity index (χ4n) is 8.36. The molecular formula is C37H35ClN4O4S. The molecule has 0 radical (unpaired) electrons. The molecule has 0 saturated carbocycles. The van der Waals surface area contributed by atoms with Gasteiger partial charge >= 0.3 is 6.03 Å². The van der Waals surface area contributed by atoms with Gasteiger partial charge in [0.25, 0.3) is 0 Å². The summed E-state index contributed by atoms with van der Waals surface area (Å²) in [5, 5.41) is 11.4. The van der Waals surface area contributed by atoms with Gasteiger partial charge in [0.15, 0.2) is 0 Å². The molecule has 2 bridgehead atoms. The predicted molar refractivity (Wildman–Crippen MR) is 182 cm³/mol. The van der Waals surface area contributed by atoms with Gasteiger partial charge < -0.3 is 10.8 Å². The maximum absolute atomic E-state index is 14.0. The second kappa shape index (κ2) is 12.0. The number of fused-ring (bicyclic) bond motifs is 2. The van der Waals surface area contributed by atoms with Crippen LogP contribution in [0.25, 0.3) is 15.7 Å². The first kappa shape index (κ1) is 30.5. The van der Waals surface area contributed by atoms with Crippen LogP contribution in [0.2, 0.25) is 5.02 Å². The topological polar surface area (TPSA) is 107 Å². The standard InChI is InChI=1S/C37H35ClN4O4S/c38-33-25-5-1-2-6-28(25)47-29(33)19-41-27-17-26(23-11-9-22(20-43)10-12-23)30(32-31(27)35(44)42(36(32)45)37(39)46)34(41)24-13-7-21(8-14-24)18-40-15-3-4-16-40/h1-2,5-14,17,27,30-32,34,43H,3-4,15-16,18-20H2,(H2,39,46). The zero-order valence-electron chi connectivity index (χ0n) is 25.7. The summed E-state index contributed by atoms with van der Waals surface area (Å²) in [6.45, 7) is 3.50. The molecule has 9 rings (SSSR count). The van der Waals surface area contributed by atoms with Gasteiger partial charge in [0.05, 0.1) is 23.5 Å². The van der Waals surface area contributed by atoms with Gasteiger partial charge in [-0.3, -0.25) is 19.4 Å². The molecule has 0 spiro atoms. The van der Waals surface area contributed by atoms with Crippen LogP contribution in [-0.4, -0.2) is 56.8 Å². The summed E-state index contributed by atoms with van der Waals surface area (Å²) >= 11 is 8.64. The van der Waals surface area contributed by atoms with Crippen molar-refractivity contribution in [2.75, 3.05) is 13.1 Å². The lowest BCUT2D eigenvalue weighted by atomic mass is 9.60. The van der Waals surface area contributed by atoms with Gasteiger partial charge in [-0.2, -0.15) is 4.90 Å². The number of carbonyl (C=O) groups is 3. The van der Waals surface area contributed by atoms with Gasteiger partial charge in [-0.25, -0.2) is 4.79 Å². The third-order valence-electron chi connectivity index (χ3n) is 10.5. The van der Waals surface area contributed by atoms with Gasteiger partial charge in [-0.1, -0.05) is 84.4 Å². The quantitative estimate of drug-likeness (QED) is 0.236. The normalized spacial score (nSPS) is 26.0. The van der Waals surface area contributed by atoms with Crippen molar-refractivity contribution in [2.24, 2.45) is 23.5 Å². The van der Waals surface area contributed by atoms with Crippen molar-refractivity contribution in [3.8, 4) is 0 Å². The summed E-state index contributed by atoms with van der Waals surface area (Å²) < 4.78 is 1.09. The number of urea groups is 1. The summed E-state index contributed by atoms with van der Waals surface area (Å²) in [6, 6.07) is 22.6. The molecule has 240 valence electrons. The van der Waals surface area contributed by atoms with Crippen molar-refractivity contribution in [2.45, 2.75) is 44.6 Å². The number of rotatable bonds is 7. The van der Waals surface area contributed by atoms with Gasteiger partial charge in [0.2, 0.25) is 11.8 Å². The van der Waals surface area contributed by atoms with E-state index in [2.05, 4.69) is 46.2 Å². The second-order valence-electron chi connectivity index (χ2n) is 13.1. The van der Waals surface area contributed by atoms with E-state index in [9.17, 15) is 19.5 Å². The summed E-state index contributed by atoms with van der Waals surface area (Å²) in [5.74, 6) is -3.01. The number of likely N-dealkylation sites (tertiary alicyclic amines) is 2. The number of imide groups is 3. The number of hydrogen-bond acceptors (Lipinski definition) is 7. The SMILES string of the molecule is NC(=O)N1C(=O)C2C(C1=O)C1C=C(c3ccc(CO)cc3)C2C(c2ccc(CN3CCCC3)cc2)N1Cc1sc2ccccc2c1Cl. The van der Waals surface area contributed by atoms with Crippen molar-refractivity contribution in [3.05, 3.63) is 111 Å². The van der Waals surface area contributed by atoms with E-state index in [1.807, 2.05) is 42.5 Å². The second-order valence-corrected chi connectivity index (χ2v) is 14.6. The number of primary amides is 1. The van der Waals surface area contributed by atoms with E-state index in [4.69, 9.17) is 17.3 Å². The van der Waals surface area contributed by atoms with E-state index >= 15 is 0 Å². The van der Waals surface area contributed by atoms with Crippen LogP contribution in [0.3, 0.4) is 0 Å². The van der Waals surface area contributed by atoms with E-state index in [-0.39, 0.29) is 12.6 Å². The minimum absolute atomic E-state index is 0.0766. The number of benzene rings is 3. The van der Waals surface area contributed by atoms with Crippen LogP contribution in [0.15, 0.2) is 78.9 Å². The minimum Gasteiger partial charge on any atom is -0.392 e. The maximum atomic E-state index is 14.0. The summed E-state index contributed by atoms with van der Waals surface area (Å²) in [5.41, 5.74) is 10.6. The first-order valence-corrected chi connectivity index (χ1v) is 17.4. The van der Waals surface area contributed by atoms with Gasteiger partial charge in [0, 0.05) is 46.1 Å². The molecule has 1 aromatic heterocycles. The molecule has 10 heteroatoms. The Morgan fingerprint density at radius 2 is 1.55 bits per heavy atom. The van der Waals surface area contributed by atoms with Crippen molar-refractivity contribution < 1.29 is 19.5 Å². The van der Waals surface area contributed by atoms with Crippen LogP contribution in [-0.2, 0) is 29.3 Å². The Labute approximate surface area is 282 Å². The molecular weight excluding hydrogens is 632 g/mol. The molecule has 1 aliphatic carbocycles. The van der Waals surface area contributed by atoms with Crippen LogP contribution in [0.1, 0.15) is 46.0 Å². The molecule has 5 aliphatic rings. The molecule has 47 heavy (non-hydrogen) atoms. The molecule has 4 amide bonds. The van der Waals surface area contributed by atoms with Crippen LogP contribution in [0.4, 0.5) is 4.79 Å². The lowest BCUT2D eigenvalue weighted by Gasteiger charge is -2.55. The number of aliphatic hydroxyl groups excluding tert-OH is 1. The smallest absolute Gasteiger partial charge is 0.328 e. The van der Waals surface area contributed by atoms with Crippen LogP contribution in [0, 0.1) is 17.8 Å². The number of thiophene rings is 1. The molecule has 5 unspecified atom stereocenters. The van der Waals surface area contributed by atoms with Crippen LogP contribution in [0.5, 0.6) is 0 Å². The Kier molecular flexibility index (Phi) is 7.77. The largest absolute Gasteiger partial charge is 0.392 e. The number of amides is 4.